The molecule has 0 bridgehead atoms. The van der Waals surface area contributed by atoms with Crippen molar-refractivity contribution in [3.8, 4) is 0 Å². The minimum absolute atomic E-state index is 0.0839. The standard InChI is InChI=1S/C33H26ClN3O/c1-24-31(22-36-20-19-25-17-18-29(34)21-30(25)32(36)38)35-23-37(24)33(26-11-5-2-6-12-26,27-13-7-3-8-14-27)28-15-9-4-10-16-28/h2-21,23H,22H2,1H3. The van der Waals surface area contributed by atoms with Gasteiger partial charge >= 0.3 is 0 Å². The Morgan fingerprint density at radius 3 is 1.87 bits per heavy atom. The van der Waals surface area contributed by atoms with E-state index in [1.807, 2.05) is 42.9 Å². The van der Waals surface area contributed by atoms with Crippen LogP contribution in [0.5, 0.6) is 0 Å². The van der Waals surface area contributed by atoms with Gasteiger partial charge in [0.1, 0.15) is 5.54 Å². The third kappa shape index (κ3) is 3.94. The fourth-order valence-corrected chi connectivity index (χ4v) is 5.60. The van der Waals surface area contributed by atoms with Gasteiger partial charge in [0.15, 0.2) is 0 Å². The molecule has 0 aliphatic heterocycles. The van der Waals surface area contributed by atoms with Crippen molar-refractivity contribution in [1.82, 2.24) is 14.1 Å². The van der Waals surface area contributed by atoms with Crippen LogP contribution in [0.1, 0.15) is 28.1 Å². The van der Waals surface area contributed by atoms with Crippen LogP contribution in [0.3, 0.4) is 0 Å². The summed E-state index contributed by atoms with van der Waals surface area (Å²) >= 11 is 6.19. The third-order valence-corrected chi connectivity index (χ3v) is 7.54. The molecule has 0 saturated heterocycles. The van der Waals surface area contributed by atoms with Crippen molar-refractivity contribution in [2.45, 2.75) is 19.0 Å². The first-order valence-electron chi connectivity index (χ1n) is 12.6. The Morgan fingerprint density at radius 2 is 1.32 bits per heavy atom. The summed E-state index contributed by atoms with van der Waals surface area (Å²) in [5.41, 5.74) is 4.46. The molecule has 0 unspecified atom stereocenters. The maximum atomic E-state index is 13.3. The Balaban J connectivity index is 1.56. The number of hydrogen-bond acceptors (Lipinski definition) is 2. The lowest BCUT2D eigenvalue weighted by Gasteiger charge is -2.38. The van der Waals surface area contributed by atoms with E-state index in [2.05, 4.69) is 84.3 Å². The molecule has 0 atom stereocenters. The van der Waals surface area contributed by atoms with Crippen LogP contribution < -0.4 is 5.56 Å². The second kappa shape index (κ2) is 9.81. The molecule has 0 N–H and O–H groups in total. The number of aromatic nitrogens is 3. The molecule has 5 heteroatoms. The number of imidazole rings is 1. The van der Waals surface area contributed by atoms with Gasteiger partial charge in [-0.3, -0.25) is 4.79 Å². The molecule has 186 valence electrons. The number of fused-ring (bicyclic) bond motifs is 1. The zero-order chi connectivity index (χ0) is 26.1. The molecule has 6 rings (SSSR count). The molecule has 0 radical (unpaired) electrons. The number of halogens is 1. The first-order chi connectivity index (χ1) is 18.6. The number of nitrogens with zero attached hydrogens (tertiary/aromatic N) is 3. The summed E-state index contributed by atoms with van der Waals surface area (Å²) in [6.07, 6.45) is 3.73. The molecule has 4 aromatic carbocycles. The van der Waals surface area contributed by atoms with E-state index in [4.69, 9.17) is 16.6 Å². The SMILES string of the molecule is Cc1c(Cn2ccc3ccc(Cl)cc3c2=O)ncn1C(c1ccccc1)(c1ccccc1)c1ccccc1. The van der Waals surface area contributed by atoms with Gasteiger partial charge in [-0.15, -0.1) is 0 Å². The monoisotopic (exact) mass is 515 g/mol. The average molecular weight is 516 g/mol. The summed E-state index contributed by atoms with van der Waals surface area (Å²) < 4.78 is 3.94. The second-order valence-corrected chi connectivity index (χ2v) is 9.87. The second-order valence-electron chi connectivity index (χ2n) is 9.44. The molecule has 0 saturated carbocycles. The van der Waals surface area contributed by atoms with Gasteiger partial charge in [0.2, 0.25) is 0 Å². The largest absolute Gasteiger partial charge is 0.316 e. The van der Waals surface area contributed by atoms with Crippen molar-refractivity contribution in [2.24, 2.45) is 0 Å². The van der Waals surface area contributed by atoms with E-state index in [-0.39, 0.29) is 5.56 Å². The molecule has 4 nitrogen and oxygen atoms in total. The number of hydrogen-bond donors (Lipinski definition) is 0. The van der Waals surface area contributed by atoms with E-state index >= 15 is 0 Å². The van der Waals surface area contributed by atoms with Crippen molar-refractivity contribution >= 4 is 22.4 Å². The zero-order valence-electron chi connectivity index (χ0n) is 21.0. The quantitative estimate of drug-likeness (QED) is 0.223. The minimum atomic E-state index is -0.652. The maximum absolute atomic E-state index is 13.3. The average Bonchev–Trinajstić information content (AvgIpc) is 3.32. The van der Waals surface area contributed by atoms with Gasteiger partial charge in [0.25, 0.3) is 5.56 Å². The van der Waals surface area contributed by atoms with Crippen LogP contribution >= 0.6 is 11.6 Å². The van der Waals surface area contributed by atoms with Crippen molar-refractivity contribution in [3.05, 3.63) is 171 Å². The predicted molar refractivity (Wildman–Crippen MR) is 154 cm³/mol. The lowest BCUT2D eigenvalue weighted by Crippen LogP contribution is -2.38. The zero-order valence-corrected chi connectivity index (χ0v) is 21.7. The van der Waals surface area contributed by atoms with E-state index < -0.39 is 5.54 Å². The summed E-state index contributed by atoms with van der Waals surface area (Å²) in [5, 5.41) is 2.02. The molecule has 0 aliphatic carbocycles. The van der Waals surface area contributed by atoms with E-state index in [1.165, 1.54) is 0 Å². The summed E-state index contributed by atoms with van der Waals surface area (Å²) in [7, 11) is 0. The van der Waals surface area contributed by atoms with Crippen LogP contribution in [-0.4, -0.2) is 14.1 Å². The lowest BCUT2D eigenvalue weighted by molar-refractivity contribution is 0.502. The highest BCUT2D eigenvalue weighted by molar-refractivity contribution is 6.31. The molecule has 0 fully saturated rings. The van der Waals surface area contributed by atoms with Crippen LogP contribution in [0.15, 0.2) is 133 Å². The molecular weight excluding hydrogens is 490 g/mol. The highest BCUT2D eigenvalue weighted by atomic mass is 35.5. The van der Waals surface area contributed by atoms with Gasteiger partial charge < -0.3 is 9.13 Å². The Hall–Kier alpha value is -4.41. The van der Waals surface area contributed by atoms with E-state index in [1.54, 1.807) is 16.7 Å². The van der Waals surface area contributed by atoms with Gasteiger partial charge in [0, 0.05) is 22.3 Å². The number of benzene rings is 4. The normalized spacial score (nSPS) is 11.6. The molecule has 0 spiro atoms. The summed E-state index contributed by atoms with van der Waals surface area (Å²) in [4.78, 5) is 18.2. The van der Waals surface area contributed by atoms with Crippen molar-refractivity contribution in [2.75, 3.05) is 0 Å². The highest BCUT2D eigenvalue weighted by Crippen LogP contribution is 2.41. The molecule has 2 aromatic heterocycles. The van der Waals surface area contributed by atoms with Gasteiger partial charge in [0.05, 0.1) is 18.6 Å². The maximum Gasteiger partial charge on any atom is 0.258 e. The van der Waals surface area contributed by atoms with Crippen LogP contribution in [0.4, 0.5) is 0 Å². The Morgan fingerprint density at radius 1 is 0.763 bits per heavy atom. The van der Waals surface area contributed by atoms with Crippen molar-refractivity contribution in [1.29, 1.82) is 0 Å². The van der Waals surface area contributed by atoms with Crippen LogP contribution in [-0.2, 0) is 12.1 Å². The first-order valence-corrected chi connectivity index (χ1v) is 13.0. The Labute approximate surface area is 226 Å². The Bertz CT molecular complexity index is 1680. The van der Waals surface area contributed by atoms with Gasteiger partial charge in [-0.2, -0.15) is 0 Å². The van der Waals surface area contributed by atoms with E-state index in [9.17, 15) is 4.79 Å². The summed E-state index contributed by atoms with van der Waals surface area (Å²) in [6.45, 7) is 2.43. The minimum Gasteiger partial charge on any atom is -0.316 e. The fraction of sp³-hybridized carbons (Fsp3) is 0.0909. The highest BCUT2D eigenvalue weighted by Gasteiger charge is 2.39. The Kier molecular flexibility index (Phi) is 6.18. The lowest BCUT2D eigenvalue weighted by atomic mass is 9.76. The molecule has 38 heavy (non-hydrogen) atoms. The number of rotatable bonds is 6. The third-order valence-electron chi connectivity index (χ3n) is 7.30. The van der Waals surface area contributed by atoms with Gasteiger partial charge in [-0.25, -0.2) is 4.98 Å². The van der Waals surface area contributed by atoms with Crippen LogP contribution in [0.2, 0.25) is 5.02 Å². The molecule has 6 aromatic rings. The van der Waals surface area contributed by atoms with Crippen molar-refractivity contribution < 1.29 is 0 Å². The molecule has 2 heterocycles. The van der Waals surface area contributed by atoms with E-state index in [0.29, 0.717) is 17.0 Å². The fourth-order valence-electron chi connectivity index (χ4n) is 5.43. The topological polar surface area (TPSA) is 39.8 Å². The van der Waals surface area contributed by atoms with Gasteiger partial charge in [-0.05, 0) is 47.2 Å². The van der Waals surface area contributed by atoms with E-state index in [0.717, 1.165) is 33.5 Å². The van der Waals surface area contributed by atoms with Gasteiger partial charge in [-0.1, -0.05) is 109 Å². The summed E-state index contributed by atoms with van der Waals surface area (Å²) in [6, 6.07) is 38.9. The molecular formula is C33H26ClN3O. The predicted octanol–water partition coefficient (Wildman–Crippen LogP) is 7.05. The van der Waals surface area contributed by atoms with Crippen LogP contribution in [0.25, 0.3) is 10.8 Å². The smallest absolute Gasteiger partial charge is 0.258 e. The van der Waals surface area contributed by atoms with Crippen LogP contribution in [0, 0.1) is 6.92 Å². The molecule has 0 amide bonds. The number of pyridine rings is 1. The summed E-state index contributed by atoms with van der Waals surface area (Å²) in [5.74, 6) is 0. The first kappa shape index (κ1) is 24.0. The molecule has 0 aliphatic rings. The van der Waals surface area contributed by atoms with Crippen molar-refractivity contribution in [3.63, 3.8) is 0 Å².